The zero-order valence-corrected chi connectivity index (χ0v) is 16.0. The number of hydrogen-bond acceptors (Lipinski definition) is 4. The molecule has 2 N–H and O–H groups in total. The first kappa shape index (κ1) is 19.8. The van der Waals surface area contributed by atoms with Crippen molar-refractivity contribution in [3.63, 3.8) is 0 Å². The molecule has 1 aliphatic rings. The van der Waals surface area contributed by atoms with E-state index < -0.39 is 5.60 Å². The van der Waals surface area contributed by atoms with Crippen LogP contribution in [0.5, 0.6) is 5.75 Å². The Bertz CT molecular complexity index is 713. The van der Waals surface area contributed by atoms with Crippen LogP contribution in [0.4, 0.5) is 5.69 Å². The molecule has 0 aromatic heterocycles. The normalized spacial score (nSPS) is 15.3. The van der Waals surface area contributed by atoms with Crippen LogP contribution < -0.4 is 20.3 Å². The van der Waals surface area contributed by atoms with Gasteiger partial charge in [-0.3, -0.25) is 14.4 Å². The Labute approximate surface area is 154 Å². The Morgan fingerprint density at radius 3 is 2.58 bits per heavy atom. The Kier molecular flexibility index (Phi) is 5.90. The van der Waals surface area contributed by atoms with Crippen molar-refractivity contribution >= 4 is 23.4 Å². The molecule has 1 aromatic rings. The summed E-state index contributed by atoms with van der Waals surface area (Å²) >= 11 is 0. The molecule has 0 saturated heterocycles. The van der Waals surface area contributed by atoms with Crippen molar-refractivity contribution in [2.75, 3.05) is 18.0 Å². The number of fused-ring (bicyclic) bond motifs is 1. The molecule has 1 aromatic carbocycles. The lowest BCUT2D eigenvalue weighted by Gasteiger charge is -2.39. The van der Waals surface area contributed by atoms with Crippen LogP contribution in [-0.4, -0.2) is 42.5 Å². The van der Waals surface area contributed by atoms with E-state index in [4.69, 9.17) is 4.74 Å². The highest BCUT2D eigenvalue weighted by molar-refractivity contribution is 6.04. The maximum Gasteiger partial charge on any atom is 0.270 e. The van der Waals surface area contributed by atoms with Gasteiger partial charge in [0.15, 0.2) is 5.60 Å². The summed E-state index contributed by atoms with van der Waals surface area (Å²) in [6, 6.07) is 5.05. The minimum absolute atomic E-state index is 0.00991. The molecule has 7 nitrogen and oxygen atoms in total. The van der Waals surface area contributed by atoms with E-state index in [1.54, 1.807) is 43.9 Å². The number of hydrogen-bond donors (Lipinski definition) is 2. The number of rotatable bonds is 6. The topological polar surface area (TPSA) is 87.7 Å². The standard InChI is InChI=1S/C19H27N3O4/c1-6-16(23)20-9-10-22-14-11-13(17(24)21-12(2)3)7-8-15(14)26-19(4,5)18(22)25/h7-8,11-12H,6,9-10H2,1-5H3,(H,20,23)(H,21,24). The Balaban J connectivity index is 2.30. The summed E-state index contributed by atoms with van der Waals surface area (Å²) in [7, 11) is 0. The average Bonchev–Trinajstić information content (AvgIpc) is 2.56. The molecular weight excluding hydrogens is 334 g/mol. The third kappa shape index (κ3) is 4.33. The lowest BCUT2D eigenvalue weighted by atomic mass is 10.0. The fourth-order valence-corrected chi connectivity index (χ4v) is 2.71. The molecule has 2 rings (SSSR count). The van der Waals surface area contributed by atoms with Gasteiger partial charge in [-0.05, 0) is 45.9 Å². The number of anilines is 1. The van der Waals surface area contributed by atoms with Gasteiger partial charge in [0.05, 0.1) is 5.69 Å². The summed E-state index contributed by atoms with van der Waals surface area (Å²) < 4.78 is 5.82. The number of ether oxygens (including phenoxy) is 1. The number of nitrogens with zero attached hydrogens (tertiary/aromatic N) is 1. The van der Waals surface area contributed by atoms with Crippen LogP contribution in [0.1, 0.15) is 51.4 Å². The van der Waals surface area contributed by atoms with Crippen LogP contribution >= 0.6 is 0 Å². The molecule has 0 bridgehead atoms. The second kappa shape index (κ2) is 7.76. The van der Waals surface area contributed by atoms with Gasteiger partial charge in [-0.25, -0.2) is 0 Å². The second-order valence-electron chi connectivity index (χ2n) is 7.08. The summed E-state index contributed by atoms with van der Waals surface area (Å²) in [6.45, 7) is 9.58. The first-order valence-corrected chi connectivity index (χ1v) is 8.88. The smallest absolute Gasteiger partial charge is 0.270 e. The molecule has 0 fully saturated rings. The highest BCUT2D eigenvalue weighted by Crippen LogP contribution is 2.38. The summed E-state index contributed by atoms with van der Waals surface area (Å²) in [5.41, 5.74) is -0.0173. The number of nitrogens with one attached hydrogen (secondary N) is 2. The van der Waals surface area contributed by atoms with Gasteiger partial charge in [-0.1, -0.05) is 6.92 Å². The van der Waals surface area contributed by atoms with Gasteiger partial charge >= 0.3 is 0 Å². The van der Waals surface area contributed by atoms with E-state index >= 15 is 0 Å². The predicted octanol–water partition coefficient (Wildman–Crippen LogP) is 1.85. The third-order valence-electron chi connectivity index (χ3n) is 4.04. The minimum Gasteiger partial charge on any atom is -0.476 e. The number of amides is 3. The van der Waals surface area contributed by atoms with Crippen molar-refractivity contribution < 1.29 is 19.1 Å². The van der Waals surface area contributed by atoms with Crippen LogP contribution in [0.15, 0.2) is 18.2 Å². The lowest BCUT2D eigenvalue weighted by molar-refractivity contribution is -0.132. The molecular formula is C19H27N3O4. The summed E-state index contributed by atoms with van der Waals surface area (Å²) in [6.07, 6.45) is 0.388. The number of carbonyl (C=O) groups excluding carboxylic acids is 3. The fraction of sp³-hybridized carbons (Fsp3) is 0.526. The van der Waals surface area contributed by atoms with Crippen molar-refractivity contribution in [3.05, 3.63) is 23.8 Å². The number of carbonyl (C=O) groups is 3. The van der Waals surface area contributed by atoms with Gasteiger partial charge in [0.2, 0.25) is 5.91 Å². The molecule has 7 heteroatoms. The van der Waals surface area contributed by atoms with Crippen LogP contribution in [0.3, 0.4) is 0 Å². The quantitative estimate of drug-likeness (QED) is 0.809. The molecule has 0 aliphatic carbocycles. The molecule has 3 amide bonds. The Hall–Kier alpha value is -2.57. The van der Waals surface area contributed by atoms with E-state index in [1.165, 1.54) is 0 Å². The first-order valence-electron chi connectivity index (χ1n) is 8.88. The lowest BCUT2D eigenvalue weighted by Crippen LogP contribution is -2.54. The number of benzene rings is 1. The average molecular weight is 361 g/mol. The fourth-order valence-electron chi connectivity index (χ4n) is 2.71. The van der Waals surface area contributed by atoms with E-state index in [9.17, 15) is 14.4 Å². The Morgan fingerprint density at radius 1 is 1.27 bits per heavy atom. The molecule has 0 unspecified atom stereocenters. The molecule has 1 aliphatic heterocycles. The van der Waals surface area contributed by atoms with E-state index in [0.29, 0.717) is 36.5 Å². The summed E-state index contributed by atoms with van der Waals surface area (Å²) in [5, 5.41) is 5.60. The SMILES string of the molecule is CCC(=O)NCCN1C(=O)C(C)(C)Oc2ccc(C(=O)NC(C)C)cc21. The monoisotopic (exact) mass is 361 g/mol. The van der Waals surface area contributed by atoms with Gasteiger partial charge in [0.25, 0.3) is 11.8 Å². The van der Waals surface area contributed by atoms with Crippen molar-refractivity contribution in [2.24, 2.45) is 0 Å². The van der Waals surface area contributed by atoms with Crippen LogP contribution in [0, 0.1) is 0 Å². The van der Waals surface area contributed by atoms with Gasteiger partial charge in [-0.2, -0.15) is 0 Å². The van der Waals surface area contributed by atoms with E-state index in [-0.39, 0.29) is 23.8 Å². The highest BCUT2D eigenvalue weighted by atomic mass is 16.5. The summed E-state index contributed by atoms with van der Waals surface area (Å²) in [4.78, 5) is 38.1. The minimum atomic E-state index is -1.01. The highest BCUT2D eigenvalue weighted by Gasteiger charge is 2.41. The molecule has 1 heterocycles. The van der Waals surface area contributed by atoms with Crippen LogP contribution in [0.25, 0.3) is 0 Å². The van der Waals surface area contributed by atoms with E-state index in [2.05, 4.69) is 10.6 Å². The molecule has 0 saturated carbocycles. The van der Waals surface area contributed by atoms with E-state index in [0.717, 1.165) is 0 Å². The third-order valence-corrected chi connectivity index (χ3v) is 4.04. The zero-order valence-electron chi connectivity index (χ0n) is 16.0. The van der Waals surface area contributed by atoms with Crippen molar-refractivity contribution in [2.45, 2.75) is 52.7 Å². The van der Waals surface area contributed by atoms with E-state index in [1.807, 2.05) is 13.8 Å². The van der Waals surface area contributed by atoms with Crippen LogP contribution in [-0.2, 0) is 9.59 Å². The van der Waals surface area contributed by atoms with Gasteiger partial charge < -0.3 is 20.3 Å². The molecule has 0 atom stereocenters. The maximum atomic E-state index is 12.8. The van der Waals surface area contributed by atoms with Gasteiger partial charge in [-0.15, -0.1) is 0 Å². The van der Waals surface area contributed by atoms with Crippen molar-refractivity contribution in [1.82, 2.24) is 10.6 Å². The zero-order chi connectivity index (χ0) is 19.5. The Morgan fingerprint density at radius 2 is 1.96 bits per heavy atom. The van der Waals surface area contributed by atoms with Gasteiger partial charge in [0.1, 0.15) is 5.75 Å². The molecule has 26 heavy (non-hydrogen) atoms. The molecule has 0 spiro atoms. The first-order chi connectivity index (χ1) is 12.2. The van der Waals surface area contributed by atoms with Crippen molar-refractivity contribution in [3.8, 4) is 5.75 Å². The van der Waals surface area contributed by atoms with Crippen molar-refractivity contribution in [1.29, 1.82) is 0 Å². The molecule has 0 radical (unpaired) electrons. The summed E-state index contributed by atoms with van der Waals surface area (Å²) in [5.74, 6) is 0.0456. The maximum absolute atomic E-state index is 12.8. The molecule has 142 valence electrons. The second-order valence-corrected chi connectivity index (χ2v) is 7.08. The van der Waals surface area contributed by atoms with Crippen LogP contribution in [0.2, 0.25) is 0 Å². The largest absolute Gasteiger partial charge is 0.476 e. The van der Waals surface area contributed by atoms with Gasteiger partial charge in [0, 0.05) is 31.1 Å². The predicted molar refractivity (Wildman–Crippen MR) is 99.4 cm³/mol.